The molecule has 2 aromatic rings. The Bertz CT molecular complexity index is 1750. The molecule has 0 N–H and O–H groups in total. The fraction of sp³-hybridized carbons (Fsp3) is 0.714. The number of hydrogen-bond acceptors (Lipinski definition) is 0. The van der Waals surface area contributed by atoms with Crippen molar-refractivity contribution < 1.29 is 21.2 Å². The van der Waals surface area contributed by atoms with Gasteiger partial charge in [0, 0.05) is 23.1 Å². The fourth-order valence-corrected chi connectivity index (χ4v) is 10.8. The van der Waals surface area contributed by atoms with Crippen molar-refractivity contribution in [3.05, 3.63) is 99.3 Å². The maximum Gasteiger partial charge on any atom is 2.00 e. The zero-order chi connectivity index (χ0) is 53.0. The van der Waals surface area contributed by atoms with Gasteiger partial charge in [-0.05, 0) is 154 Å². The van der Waals surface area contributed by atoms with Crippen molar-refractivity contribution in [1.29, 1.82) is 0 Å². The Kier molecular flexibility index (Phi) is 46.4. The van der Waals surface area contributed by atoms with E-state index in [1.807, 2.05) is 0 Å². The van der Waals surface area contributed by atoms with Gasteiger partial charge in [0.15, 0.2) is 0 Å². The second-order valence-electron chi connectivity index (χ2n) is 21.2. The molecule has 73 heavy (non-hydrogen) atoms. The molecule has 3 heteroatoms. The van der Waals surface area contributed by atoms with E-state index in [4.69, 9.17) is 0 Å². The van der Waals surface area contributed by atoms with Crippen LogP contribution in [-0.2, 0) is 55.0 Å². The van der Waals surface area contributed by atoms with Crippen molar-refractivity contribution >= 4 is 11.4 Å². The van der Waals surface area contributed by atoms with Gasteiger partial charge in [0.25, 0.3) is 0 Å². The van der Waals surface area contributed by atoms with E-state index in [1.165, 1.54) is 238 Å². The van der Waals surface area contributed by atoms with Crippen LogP contribution in [0.3, 0.4) is 0 Å². The summed E-state index contributed by atoms with van der Waals surface area (Å²) in [7, 11) is 0. The Morgan fingerprint density at radius 3 is 1.05 bits per heavy atom. The van der Waals surface area contributed by atoms with Crippen molar-refractivity contribution in [2.24, 2.45) is 0 Å². The van der Waals surface area contributed by atoms with Crippen LogP contribution in [0.1, 0.15) is 332 Å². The molecule has 3 rings (SSSR count). The maximum absolute atomic E-state index is 13.2. The molecule has 0 atom stereocenters. The van der Waals surface area contributed by atoms with Crippen LogP contribution in [-0.4, -0.2) is 4.70 Å². The minimum atomic E-state index is 0. The average molecular weight is 1050 g/mol. The van der Waals surface area contributed by atoms with Gasteiger partial charge in [-0.25, -0.2) is 4.70 Å². The Hall–Kier alpha value is -2.43. The van der Waals surface area contributed by atoms with E-state index in [0.29, 0.717) is 0 Å². The summed E-state index contributed by atoms with van der Waals surface area (Å²) in [6.45, 7) is 28.6. The van der Waals surface area contributed by atoms with Gasteiger partial charge in [0.1, 0.15) is 5.57 Å². The van der Waals surface area contributed by atoms with Gasteiger partial charge in [-0.3, -0.25) is 0 Å². The van der Waals surface area contributed by atoms with Gasteiger partial charge >= 0.3 is 16.5 Å². The summed E-state index contributed by atoms with van der Waals surface area (Å²) in [6.07, 6.45) is 49.5. The van der Waals surface area contributed by atoms with Gasteiger partial charge in [-0.2, -0.15) is 13.8 Å². The zero-order valence-corrected chi connectivity index (χ0v) is 51.2. The first-order valence-electron chi connectivity index (χ1n) is 31.6. The molecule has 0 radical (unpaired) electrons. The molecule has 2 aromatic carbocycles. The topological polar surface area (TPSA) is 25.3 Å². The summed E-state index contributed by atoms with van der Waals surface area (Å²) in [5, 5.41) is 0. The van der Waals surface area contributed by atoms with Crippen molar-refractivity contribution in [3.63, 3.8) is 0 Å². The molecular formula is C70H118N2Ni. The molecule has 418 valence electrons. The minimum absolute atomic E-state index is 0. The first-order valence-corrected chi connectivity index (χ1v) is 31.6. The van der Waals surface area contributed by atoms with Gasteiger partial charge in [-0.15, -0.1) is 0 Å². The van der Waals surface area contributed by atoms with Crippen molar-refractivity contribution in [2.75, 3.05) is 0 Å². The first-order chi connectivity index (χ1) is 35.4. The van der Waals surface area contributed by atoms with E-state index in [2.05, 4.69) is 105 Å². The van der Waals surface area contributed by atoms with E-state index >= 15 is 0 Å². The molecule has 2 nitrogen and oxygen atoms in total. The Balaban J connectivity index is 0.0000101. The summed E-state index contributed by atoms with van der Waals surface area (Å²) in [6, 6.07) is 10.1. The third-order valence-electron chi connectivity index (χ3n) is 15.1. The molecule has 0 bridgehead atoms. The van der Waals surface area contributed by atoms with Crippen LogP contribution in [0.5, 0.6) is 0 Å². The second kappa shape index (κ2) is 48.0. The van der Waals surface area contributed by atoms with Crippen LogP contribution in [0, 0.1) is 25.7 Å². The third-order valence-corrected chi connectivity index (χ3v) is 15.1. The molecule has 0 aromatic heterocycles. The summed E-state index contributed by atoms with van der Waals surface area (Å²) < 4.78 is 1.69. The van der Waals surface area contributed by atoms with E-state index in [1.54, 1.807) is 29.7 Å². The van der Waals surface area contributed by atoms with Gasteiger partial charge in [0.05, 0.1) is 0 Å². The number of allylic oxidation sites excluding steroid dienone is 2. The molecule has 0 unspecified atom stereocenters. The molecule has 0 aliphatic carbocycles. The predicted octanol–water partition coefficient (Wildman–Crippen LogP) is 23.2. The molecule has 1 heterocycles. The number of benzene rings is 2. The van der Waals surface area contributed by atoms with Crippen LogP contribution in [0.25, 0.3) is 16.9 Å². The fourth-order valence-electron chi connectivity index (χ4n) is 10.8. The van der Waals surface area contributed by atoms with Gasteiger partial charge in [-0.1, -0.05) is 221 Å². The quantitative estimate of drug-likeness (QED) is 0.0209. The summed E-state index contributed by atoms with van der Waals surface area (Å²) in [5.41, 5.74) is 29.3. The number of aryl methyl sites for hydroxylation is 4. The van der Waals surface area contributed by atoms with Crippen LogP contribution in [0.2, 0.25) is 0 Å². The van der Waals surface area contributed by atoms with Crippen LogP contribution in [0.4, 0.5) is 0 Å². The smallest absolute Gasteiger partial charge is 0.493 e. The predicted molar refractivity (Wildman–Crippen MR) is 325 cm³/mol. The zero-order valence-electron chi connectivity index (χ0n) is 50.2. The molecule has 1 aliphatic heterocycles. The summed E-state index contributed by atoms with van der Waals surface area (Å²) in [5.74, 6) is 7.70. The van der Waals surface area contributed by atoms with Gasteiger partial charge in [0.2, 0.25) is 11.4 Å². The van der Waals surface area contributed by atoms with E-state index in [9.17, 15) is 5.53 Å². The Labute approximate surface area is 467 Å². The molecule has 0 fully saturated rings. The van der Waals surface area contributed by atoms with Gasteiger partial charge < -0.3 is 19.4 Å². The van der Waals surface area contributed by atoms with E-state index in [-0.39, 0.29) is 16.5 Å². The maximum atomic E-state index is 13.2. The second-order valence-corrected chi connectivity index (χ2v) is 21.2. The van der Waals surface area contributed by atoms with Crippen LogP contribution < -0.4 is 0 Å². The largest absolute Gasteiger partial charge is 2.00 e. The number of nitrogens with zero attached hydrogens (tertiary/aromatic N) is 2. The molecule has 0 saturated carbocycles. The standard InChI is InChI=1S/C66H108N2.2C2H5.Ni/c1-9-17-25-27-29-30-31-32-33-34-35-37-42-50-64-63(49-41-36-28-26-18-10-2)65(59-51-55(43-22-14-6)61(47-24-16-8)56(52-59)44-23-15-7)68(67)66(64)60-53-57(45-38-19-11-3)62(48-40-21-13-5)58(54-60)46-39-20-12-4;2*1-2;/h51-54H,9-41,43-49H2,1-8H3;2*1H2,2H3;/q;2*-1;+2. The molecule has 0 saturated heterocycles. The van der Waals surface area contributed by atoms with Crippen molar-refractivity contribution in [2.45, 2.75) is 326 Å². The van der Waals surface area contributed by atoms with Crippen molar-refractivity contribution in [1.82, 2.24) is 0 Å². The van der Waals surface area contributed by atoms with Crippen LogP contribution >= 0.6 is 0 Å². The van der Waals surface area contributed by atoms with Crippen molar-refractivity contribution in [3.8, 4) is 11.8 Å². The number of unbranched alkanes of at least 4 members (excludes halogenated alkanes) is 25. The Morgan fingerprint density at radius 2 is 0.644 bits per heavy atom. The monoisotopic (exact) mass is 1040 g/mol. The molecular weight excluding hydrogens is 927 g/mol. The Morgan fingerprint density at radius 1 is 0.356 bits per heavy atom. The molecule has 1 aliphatic rings. The first kappa shape index (κ1) is 70.6. The third kappa shape index (κ3) is 27.5. The minimum Gasteiger partial charge on any atom is -0.493 e. The van der Waals surface area contributed by atoms with E-state index in [0.717, 1.165) is 74.8 Å². The summed E-state index contributed by atoms with van der Waals surface area (Å²) >= 11 is 0. The SMILES string of the molecule is CCCCCCCCCCCCCC#CC1=C(c2cc(CCCCC)c(CCCCC)c(CCCCC)c2)[N+](=[N-])C(c2cc(CCCC)c(CCCC)c(CCCC)c2)=C1CCCCCCCC.[CH2-]C.[CH2-]C.[Ni+2]. The van der Waals surface area contributed by atoms with E-state index < -0.39 is 0 Å². The molecule has 0 spiro atoms. The number of rotatable bonds is 41. The summed E-state index contributed by atoms with van der Waals surface area (Å²) in [4.78, 5) is 0. The molecule has 0 amide bonds. The number of hydrogen-bond donors (Lipinski definition) is 0. The average Bonchev–Trinajstić information content (AvgIpc) is 3.68. The van der Waals surface area contributed by atoms with Crippen LogP contribution in [0.15, 0.2) is 35.4 Å². The normalized spacial score (nSPS) is 12.1.